The van der Waals surface area contributed by atoms with Crippen LogP contribution in [-0.4, -0.2) is 0 Å². The van der Waals surface area contributed by atoms with Crippen molar-refractivity contribution < 1.29 is 0 Å². The van der Waals surface area contributed by atoms with Gasteiger partial charge in [0, 0.05) is 0 Å². The standard InChI is InChI=1S/C17H28.C8H16.C5H10.C3H8.C2H6/c1-10(2)15-9-16(11(3)4)14(8)17(12(5)6)13(15)7;1-4-6-7-8(3)5-2;1-3-5-4-2;1-3-2;1-2/h9-12H,1-8H3;4,8H,1,5-7H2,2-3H3;3H,1,4-5H2,2H3;3H2,1-2H3;1-2H3. The highest BCUT2D eigenvalue weighted by atomic mass is 14.2. The molecule has 1 aromatic rings. The average Bonchev–Trinajstić information content (AvgIpc) is 2.80. The maximum Gasteiger partial charge on any atom is -0.0213 e. The zero-order chi connectivity index (χ0) is 28.6. The fourth-order valence-corrected chi connectivity index (χ4v) is 3.85. The number of unbranched alkanes of at least 4 members (excludes halogenated alkanes) is 1. The van der Waals surface area contributed by atoms with Crippen molar-refractivity contribution >= 4 is 0 Å². The summed E-state index contributed by atoms with van der Waals surface area (Å²) >= 11 is 0. The molecule has 0 N–H and O–H groups in total. The van der Waals surface area contributed by atoms with Crippen LogP contribution >= 0.6 is 0 Å². The second-order valence-electron chi connectivity index (χ2n) is 10.3. The summed E-state index contributed by atoms with van der Waals surface area (Å²) in [5, 5.41) is 0. The zero-order valence-corrected chi connectivity index (χ0v) is 27.2. The van der Waals surface area contributed by atoms with Crippen LogP contribution in [0.1, 0.15) is 174 Å². The van der Waals surface area contributed by atoms with Gasteiger partial charge in [0.05, 0.1) is 0 Å². The molecule has 0 heterocycles. The monoisotopic (exact) mass is 489 g/mol. The quantitative estimate of drug-likeness (QED) is 0.303. The third-order valence-electron chi connectivity index (χ3n) is 5.86. The van der Waals surface area contributed by atoms with Crippen LogP contribution in [0.2, 0.25) is 0 Å². The molecule has 0 saturated carbocycles. The van der Waals surface area contributed by atoms with Crippen molar-refractivity contribution in [3.63, 3.8) is 0 Å². The van der Waals surface area contributed by atoms with Gasteiger partial charge in [-0.1, -0.05) is 127 Å². The van der Waals surface area contributed by atoms with Gasteiger partial charge in [0.2, 0.25) is 0 Å². The Kier molecular flexibility index (Phi) is 31.9. The Hall–Kier alpha value is -1.30. The summed E-state index contributed by atoms with van der Waals surface area (Å²) in [5.41, 5.74) is 7.65. The van der Waals surface area contributed by atoms with E-state index in [1.807, 2.05) is 26.0 Å². The molecule has 0 aliphatic rings. The normalized spacial score (nSPS) is 10.6. The van der Waals surface area contributed by atoms with E-state index in [4.69, 9.17) is 0 Å². The van der Waals surface area contributed by atoms with Gasteiger partial charge in [-0.05, 0) is 84.6 Å². The lowest BCUT2D eigenvalue weighted by Crippen LogP contribution is -2.07. The van der Waals surface area contributed by atoms with Crippen molar-refractivity contribution in [1.82, 2.24) is 0 Å². The molecular weight excluding hydrogens is 420 g/mol. The summed E-state index contributed by atoms with van der Waals surface area (Å²) in [6.45, 7) is 40.5. The smallest absolute Gasteiger partial charge is 0.0213 e. The van der Waals surface area contributed by atoms with Gasteiger partial charge in [-0.2, -0.15) is 0 Å². The number of hydrogen-bond acceptors (Lipinski definition) is 0. The Morgan fingerprint density at radius 1 is 0.686 bits per heavy atom. The molecule has 0 aromatic heterocycles. The van der Waals surface area contributed by atoms with Gasteiger partial charge >= 0.3 is 0 Å². The van der Waals surface area contributed by atoms with Crippen molar-refractivity contribution in [3.8, 4) is 0 Å². The highest BCUT2D eigenvalue weighted by Crippen LogP contribution is 2.34. The largest absolute Gasteiger partial charge is 0.103 e. The molecule has 0 bridgehead atoms. The summed E-state index contributed by atoms with van der Waals surface area (Å²) in [6, 6.07) is 2.44. The first-order chi connectivity index (χ1) is 16.4. The molecule has 0 spiro atoms. The van der Waals surface area contributed by atoms with E-state index in [1.54, 1.807) is 5.56 Å². The lowest BCUT2D eigenvalue weighted by molar-refractivity contribution is 0.522. The van der Waals surface area contributed by atoms with Crippen LogP contribution in [0.5, 0.6) is 0 Å². The molecule has 1 rings (SSSR count). The minimum absolute atomic E-state index is 0.616. The molecule has 1 atom stereocenters. The molecule has 0 saturated heterocycles. The maximum atomic E-state index is 3.67. The van der Waals surface area contributed by atoms with Crippen molar-refractivity contribution in [2.45, 2.75) is 160 Å². The van der Waals surface area contributed by atoms with Crippen LogP contribution in [0.25, 0.3) is 0 Å². The van der Waals surface area contributed by atoms with Crippen LogP contribution in [-0.2, 0) is 0 Å². The molecule has 35 heavy (non-hydrogen) atoms. The van der Waals surface area contributed by atoms with Gasteiger partial charge < -0.3 is 0 Å². The number of allylic oxidation sites excluding steroid dienone is 2. The molecule has 0 fully saturated rings. The van der Waals surface area contributed by atoms with Crippen molar-refractivity contribution in [2.24, 2.45) is 5.92 Å². The van der Waals surface area contributed by atoms with Crippen LogP contribution in [0, 0.1) is 19.8 Å². The Labute approximate surface area is 225 Å². The predicted molar refractivity (Wildman–Crippen MR) is 169 cm³/mol. The van der Waals surface area contributed by atoms with Crippen LogP contribution in [0.3, 0.4) is 0 Å². The molecule has 0 aliphatic carbocycles. The predicted octanol–water partition coefficient (Wildman–Crippen LogP) is 13.1. The van der Waals surface area contributed by atoms with E-state index >= 15 is 0 Å². The highest BCUT2D eigenvalue weighted by molar-refractivity contribution is 5.48. The van der Waals surface area contributed by atoms with Gasteiger partial charge in [0.15, 0.2) is 0 Å². The second kappa shape index (κ2) is 27.3. The fraction of sp³-hybridized carbons (Fsp3) is 0.714. The fourth-order valence-electron chi connectivity index (χ4n) is 3.85. The first-order valence-electron chi connectivity index (χ1n) is 14.8. The lowest BCUT2D eigenvalue weighted by atomic mass is 9.81. The molecule has 0 radical (unpaired) electrons. The molecule has 0 amide bonds. The van der Waals surface area contributed by atoms with Gasteiger partial charge in [0.25, 0.3) is 0 Å². The highest BCUT2D eigenvalue weighted by Gasteiger charge is 2.17. The van der Waals surface area contributed by atoms with Crippen LogP contribution < -0.4 is 0 Å². The molecule has 1 aromatic carbocycles. The van der Waals surface area contributed by atoms with Gasteiger partial charge in [0.1, 0.15) is 0 Å². The topological polar surface area (TPSA) is 0 Å². The minimum Gasteiger partial charge on any atom is -0.103 e. The van der Waals surface area contributed by atoms with Crippen molar-refractivity contribution in [1.29, 1.82) is 0 Å². The van der Waals surface area contributed by atoms with E-state index in [0.717, 1.165) is 12.3 Å². The average molecular weight is 489 g/mol. The lowest BCUT2D eigenvalue weighted by Gasteiger charge is -2.24. The summed E-state index contributed by atoms with van der Waals surface area (Å²) in [5.74, 6) is 2.73. The van der Waals surface area contributed by atoms with E-state index in [1.165, 1.54) is 54.4 Å². The Morgan fingerprint density at radius 2 is 1.06 bits per heavy atom. The second-order valence-corrected chi connectivity index (χ2v) is 10.3. The maximum absolute atomic E-state index is 3.67. The van der Waals surface area contributed by atoms with E-state index in [9.17, 15) is 0 Å². The van der Waals surface area contributed by atoms with E-state index in [0.29, 0.717) is 17.8 Å². The third kappa shape index (κ3) is 20.6. The summed E-state index contributed by atoms with van der Waals surface area (Å²) in [6.07, 6.45) is 11.3. The molecule has 1 unspecified atom stereocenters. The Bertz CT molecular complexity index is 569. The van der Waals surface area contributed by atoms with E-state index in [2.05, 4.69) is 109 Å². The summed E-state index contributed by atoms with van der Waals surface area (Å²) in [4.78, 5) is 0. The Balaban J connectivity index is -0.000000222. The minimum atomic E-state index is 0.616. The molecule has 208 valence electrons. The Morgan fingerprint density at radius 3 is 1.26 bits per heavy atom. The molecule has 0 nitrogen and oxygen atoms in total. The van der Waals surface area contributed by atoms with Crippen LogP contribution in [0.15, 0.2) is 31.4 Å². The first kappa shape index (κ1) is 40.9. The zero-order valence-electron chi connectivity index (χ0n) is 27.2. The SMILES string of the molecule is C=CCCC.C=CCCC(C)CC.CC.CCC.Cc1c(C(C)C)cc(C(C)C)c(C)c1C(C)C. The number of rotatable bonds is 9. The summed E-state index contributed by atoms with van der Waals surface area (Å²) in [7, 11) is 0. The van der Waals surface area contributed by atoms with Gasteiger partial charge in [-0.15, -0.1) is 13.2 Å². The molecule has 0 heteroatoms. The van der Waals surface area contributed by atoms with E-state index < -0.39 is 0 Å². The first-order valence-corrected chi connectivity index (χ1v) is 14.8. The molecule has 0 aliphatic heterocycles. The van der Waals surface area contributed by atoms with Crippen molar-refractivity contribution in [3.05, 3.63) is 59.2 Å². The van der Waals surface area contributed by atoms with Gasteiger partial charge in [-0.25, -0.2) is 0 Å². The number of benzene rings is 1. The number of hydrogen-bond donors (Lipinski definition) is 0. The van der Waals surface area contributed by atoms with Crippen molar-refractivity contribution in [2.75, 3.05) is 0 Å². The third-order valence-corrected chi connectivity index (χ3v) is 5.86. The van der Waals surface area contributed by atoms with E-state index in [-0.39, 0.29) is 0 Å². The van der Waals surface area contributed by atoms with Gasteiger partial charge in [-0.3, -0.25) is 0 Å². The van der Waals surface area contributed by atoms with Crippen LogP contribution in [0.4, 0.5) is 0 Å². The summed E-state index contributed by atoms with van der Waals surface area (Å²) < 4.78 is 0. The molecular formula is C35H68.